The number of thiocarbonyl (C=S) groups is 1. The van der Waals surface area contributed by atoms with Crippen LogP contribution in [0, 0.1) is 0 Å². The molecule has 2 aromatic carbocycles. The van der Waals surface area contributed by atoms with Crippen LogP contribution in [0.2, 0.25) is 5.02 Å². The van der Waals surface area contributed by atoms with Crippen molar-refractivity contribution in [3.8, 4) is 5.75 Å². The van der Waals surface area contributed by atoms with Gasteiger partial charge in [0.15, 0.2) is 0 Å². The van der Waals surface area contributed by atoms with Crippen molar-refractivity contribution in [1.29, 1.82) is 0 Å². The van der Waals surface area contributed by atoms with Crippen molar-refractivity contribution >= 4 is 34.5 Å². The lowest BCUT2D eigenvalue weighted by Gasteiger charge is -2.37. The molecule has 0 unspecified atom stereocenters. The Kier molecular flexibility index (Phi) is 5.03. The van der Waals surface area contributed by atoms with Gasteiger partial charge in [0.2, 0.25) is 0 Å². The van der Waals surface area contributed by atoms with Gasteiger partial charge in [-0.05, 0) is 30.3 Å². The molecule has 0 saturated carbocycles. The molecule has 120 valence electrons. The zero-order valence-corrected chi connectivity index (χ0v) is 14.6. The van der Waals surface area contributed by atoms with Gasteiger partial charge in [0, 0.05) is 36.9 Å². The van der Waals surface area contributed by atoms with E-state index in [0.717, 1.165) is 47.5 Å². The Morgan fingerprint density at radius 3 is 2.48 bits per heavy atom. The summed E-state index contributed by atoms with van der Waals surface area (Å²) in [6, 6.07) is 15.9. The smallest absolute Gasteiger partial charge is 0.129 e. The van der Waals surface area contributed by atoms with Gasteiger partial charge >= 0.3 is 0 Å². The molecule has 3 nitrogen and oxygen atoms in total. The first kappa shape index (κ1) is 16.1. The molecular weight excluding hydrogens is 328 g/mol. The van der Waals surface area contributed by atoms with Gasteiger partial charge < -0.3 is 14.5 Å². The van der Waals surface area contributed by atoms with Crippen LogP contribution in [-0.2, 0) is 0 Å². The summed E-state index contributed by atoms with van der Waals surface area (Å²) in [5.41, 5.74) is 2.15. The number of benzene rings is 2. The lowest BCUT2D eigenvalue weighted by atomic mass is 10.1. The molecule has 2 aromatic rings. The van der Waals surface area contributed by atoms with E-state index >= 15 is 0 Å². The topological polar surface area (TPSA) is 15.7 Å². The second-order valence-corrected chi connectivity index (χ2v) is 6.28. The lowest BCUT2D eigenvalue weighted by molar-refractivity contribution is 0.386. The predicted octanol–water partition coefficient (Wildman–Crippen LogP) is 3.85. The van der Waals surface area contributed by atoms with Gasteiger partial charge in [-0.25, -0.2) is 0 Å². The van der Waals surface area contributed by atoms with Crippen LogP contribution >= 0.6 is 23.8 Å². The maximum Gasteiger partial charge on any atom is 0.129 e. The van der Waals surface area contributed by atoms with Crippen molar-refractivity contribution in [2.24, 2.45) is 0 Å². The number of para-hydroxylation sites is 1. The van der Waals surface area contributed by atoms with E-state index in [1.165, 1.54) is 5.69 Å². The highest BCUT2D eigenvalue weighted by Crippen LogP contribution is 2.23. The third-order valence-corrected chi connectivity index (χ3v) is 4.79. The normalized spacial score (nSPS) is 14.7. The highest BCUT2D eigenvalue weighted by Gasteiger charge is 2.21. The molecule has 1 aliphatic rings. The van der Waals surface area contributed by atoms with Crippen LogP contribution in [0.4, 0.5) is 5.69 Å². The highest BCUT2D eigenvalue weighted by molar-refractivity contribution is 7.80. The molecule has 0 spiro atoms. The maximum atomic E-state index is 6.08. The molecule has 3 rings (SSSR count). The van der Waals surface area contributed by atoms with Crippen LogP contribution < -0.4 is 9.64 Å². The number of anilines is 1. The first-order valence-electron chi connectivity index (χ1n) is 7.62. The Balaban J connectivity index is 1.68. The van der Waals surface area contributed by atoms with E-state index in [1.54, 1.807) is 7.11 Å². The number of hydrogen-bond donors (Lipinski definition) is 0. The molecule has 1 saturated heterocycles. The van der Waals surface area contributed by atoms with E-state index in [9.17, 15) is 0 Å². The molecule has 0 aliphatic carbocycles. The molecule has 1 aliphatic heterocycles. The van der Waals surface area contributed by atoms with E-state index in [2.05, 4.69) is 15.9 Å². The van der Waals surface area contributed by atoms with Gasteiger partial charge in [-0.15, -0.1) is 0 Å². The number of nitrogens with zero attached hydrogens (tertiary/aromatic N) is 2. The summed E-state index contributed by atoms with van der Waals surface area (Å²) < 4.78 is 5.42. The molecular formula is C18H19ClN2OS. The third kappa shape index (κ3) is 3.59. The predicted molar refractivity (Wildman–Crippen MR) is 99.9 cm³/mol. The van der Waals surface area contributed by atoms with E-state index in [1.807, 2.05) is 42.5 Å². The molecule has 0 atom stereocenters. The van der Waals surface area contributed by atoms with Gasteiger partial charge in [-0.3, -0.25) is 0 Å². The first-order chi connectivity index (χ1) is 11.2. The molecule has 0 N–H and O–H groups in total. The average Bonchev–Trinajstić information content (AvgIpc) is 2.61. The average molecular weight is 347 g/mol. The van der Waals surface area contributed by atoms with Crippen molar-refractivity contribution in [3.05, 3.63) is 59.1 Å². The van der Waals surface area contributed by atoms with Crippen LogP contribution in [0.3, 0.4) is 0 Å². The maximum absolute atomic E-state index is 6.08. The van der Waals surface area contributed by atoms with E-state index in [4.69, 9.17) is 28.6 Å². The summed E-state index contributed by atoms with van der Waals surface area (Å²) in [5, 5.41) is 0.773. The van der Waals surface area contributed by atoms with Crippen LogP contribution in [0.1, 0.15) is 5.56 Å². The van der Waals surface area contributed by atoms with Crippen LogP contribution in [0.25, 0.3) is 0 Å². The molecule has 0 bridgehead atoms. The Bertz CT molecular complexity index is 699. The largest absolute Gasteiger partial charge is 0.496 e. The number of ether oxygens (including phenoxy) is 1. The minimum atomic E-state index is 0.773. The van der Waals surface area contributed by atoms with E-state index < -0.39 is 0 Å². The van der Waals surface area contributed by atoms with Gasteiger partial charge in [-0.2, -0.15) is 0 Å². The van der Waals surface area contributed by atoms with Crippen molar-refractivity contribution in [1.82, 2.24) is 4.90 Å². The first-order valence-corrected chi connectivity index (χ1v) is 8.40. The Hall–Kier alpha value is -1.78. The molecule has 0 amide bonds. The zero-order valence-electron chi connectivity index (χ0n) is 13.0. The number of hydrogen-bond acceptors (Lipinski definition) is 3. The Labute approximate surface area is 147 Å². The summed E-state index contributed by atoms with van der Waals surface area (Å²) >= 11 is 11.8. The van der Waals surface area contributed by atoms with Crippen molar-refractivity contribution < 1.29 is 4.74 Å². The fourth-order valence-corrected chi connectivity index (χ4v) is 3.37. The van der Waals surface area contributed by atoms with Crippen molar-refractivity contribution in [3.63, 3.8) is 0 Å². The van der Waals surface area contributed by atoms with Gasteiger partial charge in [0.25, 0.3) is 0 Å². The second-order valence-electron chi connectivity index (χ2n) is 5.46. The van der Waals surface area contributed by atoms with Gasteiger partial charge in [0.1, 0.15) is 10.7 Å². The van der Waals surface area contributed by atoms with E-state index in [0.29, 0.717) is 0 Å². The number of rotatable bonds is 3. The number of piperazine rings is 1. The summed E-state index contributed by atoms with van der Waals surface area (Å²) in [4.78, 5) is 5.44. The van der Waals surface area contributed by atoms with Crippen LogP contribution in [0.15, 0.2) is 48.5 Å². The summed E-state index contributed by atoms with van der Waals surface area (Å²) in [7, 11) is 1.68. The zero-order chi connectivity index (χ0) is 16.2. The Morgan fingerprint density at radius 1 is 1.04 bits per heavy atom. The Morgan fingerprint density at radius 2 is 1.78 bits per heavy atom. The lowest BCUT2D eigenvalue weighted by Crippen LogP contribution is -2.48. The van der Waals surface area contributed by atoms with Crippen molar-refractivity contribution in [2.75, 3.05) is 38.2 Å². The van der Waals surface area contributed by atoms with Crippen molar-refractivity contribution in [2.45, 2.75) is 0 Å². The number of halogens is 1. The highest BCUT2D eigenvalue weighted by atomic mass is 35.5. The molecule has 5 heteroatoms. The van der Waals surface area contributed by atoms with Crippen LogP contribution in [0.5, 0.6) is 5.75 Å². The molecule has 1 fully saturated rings. The minimum Gasteiger partial charge on any atom is -0.496 e. The SMILES string of the molecule is COc1ccccc1C(=S)N1CCN(c2cccc(Cl)c2)CC1. The summed E-state index contributed by atoms with van der Waals surface area (Å²) in [5.74, 6) is 0.828. The van der Waals surface area contributed by atoms with Gasteiger partial charge in [0.05, 0.1) is 12.7 Å². The second kappa shape index (κ2) is 7.20. The molecule has 1 heterocycles. The number of methoxy groups -OCH3 is 1. The quantitative estimate of drug-likeness (QED) is 0.784. The summed E-state index contributed by atoms with van der Waals surface area (Å²) in [6.45, 7) is 3.64. The molecule has 23 heavy (non-hydrogen) atoms. The monoisotopic (exact) mass is 346 g/mol. The molecule has 0 radical (unpaired) electrons. The van der Waals surface area contributed by atoms with Gasteiger partial charge in [-0.1, -0.05) is 42.0 Å². The molecule has 0 aromatic heterocycles. The van der Waals surface area contributed by atoms with E-state index in [-0.39, 0.29) is 0 Å². The standard InChI is InChI=1S/C18H19ClN2OS/c1-22-17-8-3-2-7-16(17)18(23)21-11-9-20(10-12-21)15-6-4-5-14(19)13-15/h2-8,13H,9-12H2,1H3. The fraction of sp³-hybridized carbons (Fsp3) is 0.278. The van der Waals surface area contributed by atoms with Crippen LogP contribution in [-0.4, -0.2) is 43.2 Å². The minimum absolute atomic E-state index is 0.773. The third-order valence-electron chi connectivity index (χ3n) is 4.08. The summed E-state index contributed by atoms with van der Waals surface area (Å²) in [6.07, 6.45) is 0. The fourth-order valence-electron chi connectivity index (χ4n) is 2.83.